The van der Waals surface area contributed by atoms with Crippen LogP contribution in [-0.2, 0) is 13.5 Å². The van der Waals surface area contributed by atoms with Crippen molar-refractivity contribution >= 4 is 29.1 Å². The molecule has 2 aromatic heterocycles. The van der Waals surface area contributed by atoms with E-state index in [1.807, 2.05) is 23.7 Å². The number of nitrogens with zero attached hydrogens (tertiary/aromatic N) is 4. The Hall–Kier alpha value is -2.18. The van der Waals surface area contributed by atoms with E-state index in [1.165, 1.54) is 0 Å². The maximum Gasteiger partial charge on any atom is 0.191 e. The number of thioether (sulfide) groups is 1. The minimum Gasteiger partial charge on any atom is -0.312 e. The van der Waals surface area contributed by atoms with Crippen molar-refractivity contribution in [2.75, 3.05) is 0 Å². The molecule has 2 heterocycles. The van der Waals surface area contributed by atoms with Gasteiger partial charge in [0.05, 0.1) is 10.7 Å². The molecule has 1 aromatic carbocycles. The zero-order valence-corrected chi connectivity index (χ0v) is 16.4. The summed E-state index contributed by atoms with van der Waals surface area (Å²) in [5.41, 5.74) is 3.22. The summed E-state index contributed by atoms with van der Waals surface area (Å²) in [5.74, 6) is -0.0180. The highest BCUT2D eigenvalue weighted by Gasteiger charge is 2.14. The third-order valence-corrected chi connectivity index (χ3v) is 5.65. The first-order valence-electron chi connectivity index (χ1n) is 8.20. The molecule has 0 saturated heterocycles. The van der Waals surface area contributed by atoms with Crippen LogP contribution in [0.2, 0.25) is 5.02 Å². The second kappa shape index (κ2) is 8.01. The van der Waals surface area contributed by atoms with Crippen molar-refractivity contribution in [2.45, 2.75) is 30.7 Å². The van der Waals surface area contributed by atoms with Crippen molar-refractivity contribution in [1.82, 2.24) is 19.7 Å². The molecule has 5 nitrogen and oxygen atoms in total. The number of halogens is 1. The van der Waals surface area contributed by atoms with Crippen molar-refractivity contribution in [2.24, 2.45) is 7.05 Å². The molecule has 0 N–H and O–H groups in total. The van der Waals surface area contributed by atoms with Crippen molar-refractivity contribution in [3.8, 4) is 0 Å². The fourth-order valence-corrected chi connectivity index (χ4v) is 3.55. The number of rotatable bonds is 6. The molecule has 134 valence electrons. The van der Waals surface area contributed by atoms with Crippen LogP contribution in [0.25, 0.3) is 0 Å². The molecule has 0 radical (unpaired) electrons. The maximum atomic E-state index is 12.5. The fourth-order valence-electron chi connectivity index (χ4n) is 2.54. The highest BCUT2D eigenvalue weighted by Crippen LogP contribution is 2.33. The third kappa shape index (κ3) is 4.31. The van der Waals surface area contributed by atoms with E-state index in [9.17, 15) is 4.79 Å². The van der Waals surface area contributed by atoms with Gasteiger partial charge >= 0.3 is 0 Å². The van der Waals surface area contributed by atoms with E-state index in [-0.39, 0.29) is 11.0 Å². The quantitative estimate of drug-likeness (QED) is 0.462. The van der Waals surface area contributed by atoms with Crippen LogP contribution >= 0.6 is 23.4 Å². The normalized spacial score (nSPS) is 12.2. The van der Waals surface area contributed by atoms with E-state index < -0.39 is 0 Å². The number of aryl methyl sites for hydroxylation is 2. The lowest BCUT2D eigenvalue weighted by Gasteiger charge is -2.12. The van der Waals surface area contributed by atoms with E-state index in [1.54, 1.807) is 37.1 Å². The summed E-state index contributed by atoms with van der Waals surface area (Å²) in [7, 11) is 1.92. The van der Waals surface area contributed by atoms with Gasteiger partial charge in [0.1, 0.15) is 12.0 Å². The van der Waals surface area contributed by atoms with Crippen molar-refractivity contribution in [1.29, 1.82) is 0 Å². The molecule has 26 heavy (non-hydrogen) atoms. The maximum absolute atomic E-state index is 12.5. The molecule has 0 saturated carbocycles. The Morgan fingerprint density at radius 1 is 1.31 bits per heavy atom. The van der Waals surface area contributed by atoms with Crippen LogP contribution in [0.4, 0.5) is 0 Å². The van der Waals surface area contributed by atoms with Gasteiger partial charge in [-0.3, -0.25) is 4.79 Å². The molecule has 0 amide bonds. The van der Waals surface area contributed by atoms with Crippen molar-refractivity contribution in [3.63, 3.8) is 0 Å². The topological polar surface area (TPSA) is 60.7 Å². The van der Waals surface area contributed by atoms with Crippen LogP contribution in [-0.4, -0.2) is 25.5 Å². The van der Waals surface area contributed by atoms with Gasteiger partial charge in [0.25, 0.3) is 0 Å². The SMILES string of the molecule is Cc1nc(C(=O)Cc2cccc([C@H](C)Sc3nncn3C)c2)ccc1Cl. The zero-order chi connectivity index (χ0) is 18.7. The number of pyridine rings is 1. The Bertz CT molecular complexity index is 941. The number of aromatic nitrogens is 4. The van der Waals surface area contributed by atoms with Crippen molar-refractivity contribution in [3.05, 3.63) is 70.3 Å². The third-order valence-electron chi connectivity index (χ3n) is 4.04. The van der Waals surface area contributed by atoms with Crippen LogP contribution in [0, 0.1) is 6.92 Å². The average Bonchev–Trinajstić information content (AvgIpc) is 3.02. The van der Waals surface area contributed by atoms with Gasteiger partial charge in [-0.25, -0.2) is 4.98 Å². The Balaban J connectivity index is 1.73. The van der Waals surface area contributed by atoms with Crippen LogP contribution in [0.3, 0.4) is 0 Å². The van der Waals surface area contributed by atoms with E-state index in [2.05, 4.69) is 34.2 Å². The molecule has 7 heteroatoms. The van der Waals surface area contributed by atoms with Gasteiger partial charge in [0, 0.05) is 18.7 Å². The lowest BCUT2D eigenvalue weighted by molar-refractivity contribution is 0.0988. The summed E-state index contributed by atoms with van der Waals surface area (Å²) in [6.07, 6.45) is 1.99. The van der Waals surface area contributed by atoms with Gasteiger partial charge in [-0.1, -0.05) is 47.6 Å². The second-order valence-corrected chi connectivity index (χ2v) is 7.81. The number of hydrogen-bond acceptors (Lipinski definition) is 5. The lowest BCUT2D eigenvalue weighted by atomic mass is 10.0. The summed E-state index contributed by atoms with van der Waals surface area (Å²) in [5, 5.41) is 9.64. The second-order valence-electron chi connectivity index (χ2n) is 6.09. The first-order chi connectivity index (χ1) is 12.4. The summed E-state index contributed by atoms with van der Waals surface area (Å²) in [6, 6.07) is 11.5. The molecular weight excluding hydrogens is 368 g/mol. The number of benzene rings is 1. The monoisotopic (exact) mass is 386 g/mol. The van der Waals surface area contributed by atoms with Gasteiger partial charge in [-0.2, -0.15) is 0 Å². The Morgan fingerprint density at radius 2 is 2.12 bits per heavy atom. The molecule has 0 aliphatic carbocycles. The van der Waals surface area contributed by atoms with E-state index >= 15 is 0 Å². The first kappa shape index (κ1) is 18.6. The largest absolute Gasteiger partial charge is 0.312 e. The highest BCUT2D eigenvalue weighted by molar-refractivity contribution is 7.99. The first-order valence-corrected chi connectivity index (χ1v) is 9.45. The van der Waals surface area contributed by atoms with E-state index in [0.717, 1.165) is 16.3 Å². The summed E-state index contributed by atoms with van der Waals surface area (Å²) in [6.45, 7) is 3.91. The number of ketones is 1. The minimum absolute atomic E-state index is 0.0180. The van der Waals surface area contributed by atoms with E-state index in [0.29, 0.717) is 22.8 Å². The molecule has 0 unspecified atom stereocenters. The van der Waals surface area contributed by atoms with Gasteiger partial charge < -0.3 is 4.57 Å². The van der Waals surface area contributed by atoms with E-state index in [4.69, 9.17) is 11.6 Å². The predicted molar refractivity (Wildman–Crippen MR) is 104 cm³/mol. The minimum atomic E-state index is -0.0180. The predicted octanol–water partition coefficient (Wildman–Crippen LogP) is 4.45. The molecule has 3 rings (SSSR count). The van der Waals surface area contributed by atoms with Crippen LogP contribution in [0.5, 0.6) is 0 Å². The molecule has 0 spiro atoms. The summed E-state index contributed by atoms with van der Waals surface area (Å²) >= 11 is 7.62. The standard InChI is InChI=1S/C19H19ClN4OS/c1-12-16(20)7-8-17(22-12)18(25)10-14-5-4-6-15(9-14)13(2)26-19-23-21-11-24(19)3/h4-9,11,13H,10H2,1-3H3/t13-/m0/s1. The Labute approximate surface area is 161 Å². The molecule has 0 aliphatic heterocycles. The summed E-state index contributed by atoms with van der Waals surface area (Å²) in [4.78, 5) is 16.8. The van der Waals surface area contributed by atoms with Gasteiger partial charge in [0.2, 0.25) is 0 Å². The molecule has 0 bridgehead atoms. The molecule has 1 atom stereocenters. The number of Topliss-reactive ketones (excluding diaryl/α,β-unsaturated/α-hetero) is 1. The molecule has 0 aliphatic rings. The summed E-state index contributed by atoms with van der Waals surface area (Å²) < 4.78 is 1.89. The highest BCUT2D eigenvalue weighted by atomic mass is 35.5. The Kier molecular flexibility index (Phi) is 5.74. The van der Waals surface area contributed by atoms with Crippen LogP contribution in [0.15, 0.2) is 47.9 Å². The van der Waals surface area contributed by atoms with Crippen molar-refractivity contribution < 1.29 is 4.79 Å². The molecule has 3 aromatic rings. The van der Waals surface area contributed by atoms with Gasteiger partial charge in [0.15, 0.2) is 10.9 Å². The lowest BCUT2D eigenvalue weighted by Crippen LogP contribution is -2.07. The van der Waals surface area contributed by atoms with Gasteiger partial charge in [-0.15, -0.1) is 10.2 Å². The fraction of sp³-hybridized carbons (Fsp3) is 0.263. The smallest absolute Gasteiger partial charge is 0.191 e. The Morgan fingerprint density at radius 3 is 2.81 bits per heavy atom. The number of hydrogen-bond donors (Lipinski definition) is 0. The van der Waals surface area contributed by atoms with Crippen LogP contribution in [0.1, 0.15) is 39.5 Å². The average molecular weight is 387 g/mol. The molecular formula is C19H19ClN4OS. The zero-order valence-electron chi connectivity index (χ0n) is 14.8. The van der Waals surface area contributed by atoms with Crippen LogP contribution < -0.4 is 0 Å². The molecule has 0 fully saturated rings. The van der Waals surface area contributed by atoms with Gasteiger partial charge in [-0.05, 0) is 37.1 Å². The number of carbonyl (C=O) groups is 1. The number of carbonyl (C=O) groups excluding carboxylic acids is 1.